The van der Waals surface area contributed by atoms with Crippen LogP contribution in [0.15, 0.2) is 53.7 Å². The Kier molecular flexibility index (Phi) is 3.39. The molecule has 1 amide bonds. The lowest BCUT2D eigenvalue weighted by atomic mass is 9.98. The number of benzene rings is 2. The second kappa shape index (κ2) is 5.36. The molecule has 4 nitrogen and oxygen atoms in total. The van der Waals surface area contributed by atoms with Gasteiger partial charge in [0.2, 0.25) is 0 Å². The second-order valence-electron chi connectivity index (χ2n) is 4.78. The molecule has 0 saturated heterocycles. The van der Waals surface area contributed by atoms with Crippen molar-refractivity contribution in [3.8, 4) is 0 Å². The Morgan fingerprint density at radius 2 is 1.95 bits per heavy atom. The molecule has 0 saturated carbocycles. The highest BCUT2D eigenvalue weighted by molar-refractivity contribution is 6.14. The number of hydrogen-bond donors (Lipinski definition) is 1. The molecule has 0 fully saturated rings. The molecule has 2 aromatic rings. The van der Waals surface area contributed by atoms with Crippen molar-refractivity contribution in [3.63, 3.8) is 0 Å². The molecule has 1 N–H and O–H groups in total. The molecule has 0 atom stereocenters. The van der Waals surface area contributed by atoms with Crippen LogP contribution in [0.2, 0.25) is 0 Å². The molecule has 1 aliphatic rings. The molecule has 5 heteroatoms. The summed E-state index contributed by atoms with van der Waals surface area (Å²) in [7, 11) is 0. The van der Waals surface area contributed by atoms with Crippen LogP contribution >= 0.6 is 0 Å². The Hall–Kier alpha value is -2.69. The molecule has 0 bridgehead atoms. The van der Waals surface area contributed by atoms with E-state index < -0.39 is 5.82 Å². The van der Waals surface area contributed by atoms with Crippen LogP contribution in [-0.2, 0) is 0 Å². The van der Waals surface area contributed by atoms with Gasteiger partial charge in [0.25, 0.3) is 5.91 Å². The largest absolute Gasteiger partial charge is 0.411 e. The first-order chi connectivity index (χ1) is 10.2. The molecule has 0 spiro atoms. The number of carbonyl (C=O) groups is 1. The maximum absolute atomic E-state index is 13.4. The summed E-state index contributed by atoms with van der Waals surface area (Å²) < 4.78 is 13.4. The monoisotopic (exact) mass is 284 g/mol. The zero-order valence-electron chi connectivity index (χ0n) is 11.2. The van der Waals surface area contributed by atoms with Crippen LogP contribution in [0, 0.1) is 5.82 Å². The van der Waals surface area contributed by atoms with E-state index in [0.717, 1.165) is 0 Å². The van der Waals surface area contributed by atoms with Gasteiger partial charge >= 0.3 is 0 Å². The fourth-order valence-electron chi connectivity index (χ4n) is 2.50. The minimum atomic E-state index is -0.427. The molecule has 3 rings (SSSR count). The summed E-state index contributed by atoms with van der Waals surface area (Å²) in [6.07, 6.45) is 0.380. The summed E-state index contributed by atoms with van der Waals surface area (Å²) in [5.74, 6) is -0.579. The van der Waals surface area contributed by atoms with Crippen molar-refractivity contribution in [1.82, 2.24) is 0 Å². The van der Waals surface area contributed by atoms with Crippen molar-refractivity contribution in [3.05, 3.63) is 65.5 Å². The van der Waals surface area contributed by atoms with Gasteiger partial charge in [-0.2, -0.15) is 0 Å². The number of halogens is 1. The summed E-state index contributed by atoms with van der Waals surface area (Å²) in [6.45, 7) is 0.395. The summed E-state index contributed by atoms with van der Waals surface area (Å²) >= 11 is 0. The first kappa shape index (κ1) is 13.3. The van der Waals surface area contributed by atoms with Crippen LogP contribution in [0.4, 0.5) is 10.1 Å². The van der Waals surface area contributed by atoms with Gasteiger partial charge in [0.15, 0.2) is 0 Å². The molecule has 1 heterocycles. The van der Waals surface area contributed by atoms with Gasteiger partial charge in [-0.15, -0.1) is 0 Å². The highest BCUT2D eigenvalue weighted by Gasteiger charge is 2.27. The number of nitrogens with zero attached hydrogens (tertiary/aromatic N) is 2. The van der Waals surface area contributed by atoms with Gasteiger partial charge < -0.3 is 10.1 Å². The topological polar surface area (TPSA) is 52.9 Å². The third-order valence-corrected chi connectivity index (χ3v) is 3.52. The third-order valence-electron chi connectivity index (χ3n) is 3.52. The zero-order valence-corrected chi connectivity index (χ0v) is 11.2. The lowest BCUT2D eigenvalue weighted by Crippen LogP contribution is -2.37. The summed E-state index contributed by atoms with van der Waals surface area (Å²) in [5, 5.41) is 12.2. The number of rotatable bonds is 1. The van der Waals surface area contributed by atoms with E-state index >= 15 is 0 Å². The number of amides is 1. The zero-order chi connectivity index (χ0) is 14.8. The van der Waals surface area contributed by atoms with Crippen molar-refractivity contribution in [2.75, 3.05) is 11.4 Å². The third kappa shape index (κ3) is 2.38. The van der Waals surface area contributed by atoms with Crippen LogP contribution < -0.4 is 4.90 Å². The van der Waals surface area contributed by atoms with E-state index in [-0.39, 0.29) is 5.91 Å². The summed E-state index contributed by atoms with van der Waals surface area (Å²) in [5.41, 5.74) is 1.97. The van der Waals surface area contributed by atoms with Crippen molar-refractivity contribution < 1.29 is 14.4 Å². The van der Waals surface area contributed by atoms with Crippen molar-refractivity contribution in [2.45, 2.75) is 6.42 Å². The maximum atomic E-state index is 13.4. The smallest absolute Gasteiger partial charge is 0.258 e. The predicted molar refractivity (Wildman–Crippen MR) is 77.5 cm³/mol. The lowest BCUT2D eigenvalue weighted by molar-refractivity contribution is 0.0987. The Morgan fingerprint density at radius 1 is 1.19 bits per heavy atom. The van der Waals surface area contributed by atoms with Gasteiger partial charge in [-0.25, -0.2) is 4.39 Å². The van der Waals surface area contributed by atoms with E-state index in [9.17, 15) is 9.18 Å². The standard InChI is InChI=1S/C16H13FN2O2/c17-12-6-7-15-13(10-12)14(18-21)8-9-19(15)16(20)11-4-2-1-3-5-11/h1-7,10,21H,8-9H2/b18-14-. The molecule has 2 aromatic carbocycles. The molecule has 21 heavy (non-hydrogen) atoms. The first-order valence-electron chi connectivity index (χ1n) is 6.58. The Bertz CT molecular complexity index is 713. The molecular weight excluding hydrogens is 271 g/mol. The van der Waals surface area contributed by atoms with Gasteiger partial charge in [0.1, 0.15) is 5.82 Å². The van der Waals surface area contributed by atoms with Crippen molar-refractivity contribution >= 4 is 17.3 Å². The summed E-state index contributed by atoms with van der Waals surface area (Å²) in [6, 6.07) is 13.0. The van der Waals surface area contributed by atoms with E-state index in [1.54, 1.807) is 29.2 Å². The number of fused-ring (bicyclic) bond motifs is 1. The molecule has 0 unspecified atom stereocenters. The minimum absolute atomic E-state index is 0.152. The normalized spacial score (nSPS) is 15.9. The number of carbonyl (C=O) groups excluding carboxylic acids is 1. The molecule has 1 aliphatic heterocycles. The highest BCUT2D eigenvalue weighted by Crippen LogP contribution is 2.29. The van der Waals surface area contributed by atoms with Gasteiger partial charge in [-0.3, -0.25) is 4.79 Å². The maximum Gasteiger partial charge on any atom is 0.258 e. The molecular formula is C16H13FN2O2. The predicted octanol–water partition coefficient (Wildman–Crippen LogP) is 3.05. The molecule has 0 aliphatic carbocycles. The quantitative estimate of drug-likeness (QED) is 0.646. The van der Waals surface area contributed by atoms with Gasteiger partial charge in [0.05, 0.1) is 11.4 Å². The highest BCUT2D eigenvalue weighted by atomic mass is 19.1. The summed E-state index contributed by atoms with van der Waals surface area (Å²) in [4.78, 5) is 14.2. The van der Waals surface area contributed by atoms with Gasteiger partial charge in [0, 0.05) is 24.1 Å². The Balaban J connectivity index is 2.05. The number of hydrogen-bond acceptors (Lipinski definition) is 3. The Labute approximate surface area is 121 Å². The van der Waals surface area contributed by atoms with Crippen LogP contribution in [0.25, 0.3) is 0 Å². The van der Waals surface area contributed by atoms with Crippen LogP contribution in [0.1, 0.15) is 22.3 Å². The lowest BCUT2D eigenvalue weighted by Gasteiger charge is -2.29. The molecule has 0 radical (unpaired) electrons. The van der Waals surface area contributed by atoms with Crippen molar-refractivity contribution in [1.29, 1.82) is 0 Å². The average Bonchev–Trinajstić information content (AvgIpc) is 2.54. The molecule has 0 aromatic heterocycles. The fraction of sp³-hybridized carbons (Fsp3) is 0.125. The first-order valence-corrected chi connectivity index (χ1v) is 6.58. The van der Waals surface area contributed by atoms with E-state index in [0.29, 0.717) is 35.5 Å². The van der Waals surface area contributed by atoms with E-state index in [1.165, 1.54) is 18.2 Å². The number of oxime groups is 1. The molecule has 106 valence electrons. The SMILES string of the molecule is O=C(c1ccccc1)N1CC/C(=N/O)c2cc(F)ccc21. The van der Waals surface area contributed by atoms with Crippen LogP contribution in [0.3, 0.4) is 0 Å². The van der Waals surface area contributed by atoms with Gasteiger partial charge in [-0.05, 0) is 30.3 Å². The van der Waals surface area contributed by atoms with E-state index in [1.807, 2.05) is 6.07 Å². The van der Waals surface area contributed by atoms with Crippen molar-refractivity contribution in [2.24, 2.45) is 5.16 Å². The second-order valence-corrected chi connectivity index (χ2v) is 4.78. The van der Waals surface area contributed by atoms with Gasteiger partial charge in [-0.1, -0.05) is 23.4 Å². The van der Waals surface area contributed by atoms with E-state index in [2.05, 4.69) is 5.16 Å². The average molecular weight is 284 g/mol. The van der Waals surface area contributed by atoms with E-state index in [4.69, 9.17) is 5.21 Å². The van der Waals surface area contributed by atoms with Crippen LogP contribution in [-0.4, -0.2) is 23.4 Å². The fourth-order valence-corrected chi connectivity index (χ4v) is 2.50. The van der Waals surface area contributed by atoms with Crippen LogP contribution in [0.5, 0.6) is 0 Å². The number of anilines is 1. The minimum Gasteiger partial charge on any atom is -0.411 e. The Morgan fingerprint density at radius 3 is 2.67 bits per heavy atom.